The van der Waals surface area contributed by atoms with Gasteiger partial charge in [0.2, 0.25) is 0 Å². The Hall–Kier alpha value is -1.47. The van der Waals surface area contributed by atoms with Crippen molar-refractivity contribution in [2.24, 2.45) is 7.05 Å². The quantitative estimate of drug-likeness (QED) is 0.824. The van der Waals surface area contributed by atoms with Gasteiger partial charge < -0.3 is 14.2 Å². The lowest BCUT2D eigenvalue weighted by Crippen LogP contribution is -2.62. The minimum Gasteiger partial charge on any atom is -0.380 e. The summed E-state index contributed by atoms with van der Waals surface area (Å²) >= 11 is 0. The minimum atomic E-state index is -2.66. The van der Waals surface area contributed by atoms with Crippen molar-refractivity contribution >= 4 is 5.91 Å². The maximum Gasteiger partial charge on any atom is 0.270 e. The Kier molecular flexibility index (Phi) is 4.42. The topological polar surface area (TPSA) is 37.7 Å². The van der Waals surface area contributed by atoms with E-state index in [1.807, 2.05) is 31.1 Å². The van der Waals surface area contributed by atoms with Crippen molar-refractivity contribution in [3.05, 3.63) is 24.0 Å². The Labute approximate surface area is 134 Å². The van der Waals surface area contributed by atoms with Gasteiger partial charge >= 0.3 is 0 Å². The summed E-state index contributed by atoms with van der Waals surface area (Å²) in [7, 11) is 1.82. The minimum absolute atomic E-state index is 0.00181. The Bertz CT molecular complexity index is 569. The van der Waals surface area contributed by atoms with E-state index < -0.39 is 5.92 Å². The number of likely N-dealkylation sites (tertiary alicyclic amines) is 2. The number of carbonyl (C=O) groups is 1. The fourth-order valence-corrected chi connectivity index (χ4v) is 3.43. The van der Waals surface area contributed by atoms with Gasteiger partial charge in [-0.25, -0.2) is 8.78 Å². The molecular weight excluding hydrogens is 304 g/mol. The monoisotopic (exact) mass is 327 g/mol. The number of carbonyl (C=O) groups excluding carboxylic acids is 1. The molecule has 0 spiro atoms. The highest BCUT2D eigenvalue weighted by molar-refractivity contribution is 5.93. The number of alkyl halides is 2. The Morgan fingerprint density at radius 1 is 1.43 bits per heavy atom. The summed E-state index contributed by atoms with van der Waals surface area (Å²) in [6.45, 7) is 3.49. The number of hydrogen-bond donors (Lipinski definition) is 0. The van der Waals surface area contributed by atoms with E-state index in [-0.39, 0.29) is 31.0 Å². The molecule has 1 aromatic heterocycles. The predicted molar refractivity (Wildman–Crippen MR) is 81.7 cm³/mol. The van der Waals surface area contributed by atoms with E-state index in [1.54, 1.807) is 15.5 Å². The molecule has 3 heterocycles. The Balaban J connectivity index is 1.59. The average Bonchev–Trinajstić information content (AvgIpc) is 2.98. The van der Waals surface area contributed by atoms with Crippen LogP contribution in [0.25, 0.3) is 0 Å². The van der Waals surface area contributed by atoms with E-state index in [1.165, 1.54) is 0 Å². The summed E-state index contributed by atoms with van der Waals surface area (Å²) in [5, 5.41) is 0. The SMILES string of the molecule is CCOC[C@@H]1CC(F)(F)CN1C1CN(C(=O)c2cccn2C)C1. The maximum absolute atomic E-state index is 13.7. The summed E-state index contributed by atoms with van der Waals surface area (Å²) in [5.74, 6) is -2.70. The Morgan fingerprint density at radius 3 is 2.78 bits per heavy atom. The standard InChI is InChI=1S/C16H23F2N3O2/c1-3-23-10-12-7-16(17,18)11-21(12)13-8-20(9-13)15(22)14-5-4-6-19(14)2/h4-6,12-13H,3,7-11H2,1-2H3/t12-/m0/s1. The van der Waals surface area contributed by atoms with Crippen LogP contribution in [0, 0.1) is 0 Å². The van der Waals surface area contributed by atoms with Crippen molar-refractivity contribution in [2.45, 2.75) is 31.4 Å². The highest BCUT2D eigenvalue weighted by Gasteiger charge is 2.50. The molecule has 3 rings (SSSR count). The van der Waals surface area contributed by atoms with Crippen molar-refractivity contribution in [1.29, 1.82) is 0 Å². The molecule has 5 nitrogen and oxygen atoms in total. The molecule has 0 radical (unpaired) electrons. The van der Waals surface area contributed by atoms with Crippen molar-refractivity contribution in [1.82, 2.24) is 14.4 Å². The average molecular weight is 327 g/mol. The number of amides is 1. The smallest absolute Gasteiger partial charge is 0.270 e. The zero-order chi connectivity index (χ0) is 16.6. The van der Waals surface area contributed by atoms with E-state index in [0.29, 0.717) is 32.0 Å². The first kappa shape index (κ1) is 16.4. The van der Waals surface area contributed by atoms with Gasteiger partial charge in [-0.05, 0) is 19.1 Å². The third-order valence-corrected chi connectivity index (χ3v) is 4.71. The Morgan fingerprint density at radius 2 is 2.17 bits per heavy atom. The zero-order valence-corrected chi connectivity index (χ0v) is 13.5. The first-order chi connectivity index (χ1) is 10.9. The van der Waals surface area contributed by atoms with Crippen LogP contribution in [0.1, 0.15) is 23.8 Å². The van der Waals surface area contributed by atoms with Crippen LogP contribution in [0.2, 0.25) is 0 Å². The van der Waals surface area contributed by atoms with Crippen LogP contribution in [0.4, 0.5) is 8.78 Å². The second-order valence-electron chi connectivity index (χ2n) is 6.41. The summed E-state index contributed by atoms with van der Waals surface area (Å²) < 4.78 is 34.6. The van der Waals surface area contributed by atoms with Gasteiger partial charge in [0, 0.05) is 51.4 Å². The van der Waals surface area contributed by atoms with Gasteiger partial charge in [-0.2, -0.15) is 0 Å². The molecule has 1 atom stereocenters. The summed E-state index contributed by atoms with van der Waals surface area (Å²) in [5.41, 5.74) is 0.626. The number of rotatable bonds is 5. The van der Waals surface area contributed by atoms with Crippen molar-refractivity contribution in [3.63, 3.8) is 0 Å². The van der Waals surface area contributed by atoms with Crippen LogP contribution in [0.15, 0.2) is 18.3 Å². The molecule has 0 aromatic carbocycles. The molecule has 7 heteroatoms. The van der Waals surface area contributed by atoms with Crippen molar-refractivity contribution < 1.29 is 18.3 Å². The van der Waals surface area contributed by atoms with Gasteiger partial charge in [0.1, 0.15) is 5.69 Å². The van der Waals surface area contributed by atoms with Crippen LogP contribution in [0.3, 0.4) is 0 Å². The molecular formula is C16H23F2N3O2. The molecule has 2 fully saturated rings. The van der Waals surface area contributed by atoms with Gasteiger partial charge in [-0.1, -0.05) is 0 Å². The third kappa shape index (κ3) is 3.26. The van der Waals surface area contributed by atoms with E-state index in [9.17, 15) is 13.6 Å². The molecule has 1 aromatic rings. The van der Waals surface area contributed by atoms with Gasteiger partial charge in [0.05, 0.1) is 13.2 Å². The number of aryl methyl sites for hydroxylation is 1. The molecule has 2 aliphatic heterocycles. The van der Waals surface area contributed by atoms with Gasteiger partial charge in [-0.3, -0.25) is 9.69 Å². The van der Waals surface area contributed by atoms with Crippen LogP contribution in [-0.4, -0.2) is 71.1 Å². The van der Waals surface area contributed by atoms with Crippen LogP contribution >= 0.6 is 0 Å². The molecule has 0 saturated carbocycles. The van der Waals surface area contributed by atoms with Crippen LogP contribution < -0.4 is 0 Å². The highest BCUT2D eigenvalue weighted by Crippen LogP contribution is 2.35. The molecule has 1 amide bonds. The van der Waals surface area contributed by atoms with E-state index >= 15 is 0 Å². The number of aromatic nitrogens is 1. The van der Waals surface area contributed by atoms with E-state index in [4.69, 9.17) is 4.74 Å². The van der Waals surface area contributed by atoms with Crippen LogP contribution in [0.5, 0.6) is 0 Å². The molecule has 0 unspecified atom stereocenters. The second-order valence-corrected chi connectivity index (χ2v) is 6.41. The molecule has 0 N–H and O–H groups in total. The first-order valence-electron chi connectivity index (χ1n) is 8.03. The second kappa shape index (κ2) is 6.20. The largest absolute Gasteiger partial charge is 0.380 e. The molecule has 128 valence electrons. The van der Waals surface area contributed by atoms with Gasteiger partial charge in [0.25, 0.3) is 11.8 Å². The fourth-order valence-electron chi connectivity index (χ4n) is 3.43. The highest BCUT2D eigenvalue weighted by atomic mass is 19.3. The number of nitrogens with zero attached hydrogens (tertiary/aromatic N) is 3. The molecule has 2 saturated heterocycles. The fraction of sp³-hybridized carbons (Fsp3) is 0.688. The lowest BCUT2D eigenvalue weighted by Gasteiger charge is -2.45. The normalized spacial score (nSPS) is 24.9. The lowest BCUT2D eigenvalue weighted by molar-refractivity contribution is -0.0150. The van der Waals surface area contributed by atoms with Crippen molar-refractivity contribution in [2.75, 3.05) is 32.8 Å². The maximum atomic E-state index is 13.7. The third-order valence-electron chi connectivity index (χ3n) is 4.71. The molecule has 2 aliphatic rings. The molecule has 0 aliphatic carbocycles. The van der Waals surface area contributed by atoms with Crippen LogP contribution in [-0.2, 0) is 11.8 Å². The predicted octanol–water partition coefficient (Wildman–Crippen LogP) is 1.60. The summed E-state index contributed by atoms with van der Waals surface area (Å²) in [6, 6.07) is 3.33. The van der Waals surface area contributed by atoms with E-state index in [2.05, 4.69) is 0 Å². The zero-order valence-electron chi connectivity index (χ0n) is 13.5. The van der Waals surface area contributed by atoms with Gasteiger partial charge in [0.15, 0.2) is 0 Å². The van der Waals surface area contributed by atoms with Crippen molar-refractivity contribution in [3.8, 4) is 0 Å². The summed E-state index contributed by atoms with van der Waals surface area (Å²) in [4.78, 5) is 15.9. The number of hydrogen-bond acceptors (Lipinski definition) is 3. The number of ether oxygens (including phenoxy) is 1. The number of halogens is 2. The lowest BCUT2D eigenvalue weighted by atomic mass is 10.1. The first-order valence-corrected chi connectivity index (χ1v) is 8.03. The molecule has 0 bridgehead atoms. The molecule has 23 heavy (non-hydrogen) atoms. The van der Waals surface area contributed by atoms with Gasteiger partial charge in [-0.15, -0.1) is 0 Å². The summed E-state index contributed by atoms with van der Waals surface area (Å²) in [6.07, 6.45) is 1.67. The van der Waals surface area contributed by atoms with E-state index in [0.717, 1.165) is 0 Å².